The second-order valence-electron chi connectivity index (χ2n) is 9.35. The van der Waals surface area contributed by atoms with Gasteiger partial charge in [-0.05, 0) is 35.1 Å². The number of nitrogens with zero attached hydrogens (tertiary/aromatic N) is 1. The third kappa shape index (κ3) is 5.38. The van der Waals surface area contributed by atoms with Gasteiger partial charge in [0.2, 0.25) is 5.91 Å². The number of Topliss-reactive ketones (excluding diaryl/α,β-unsaturated/α-hetero) is 1. The standard InChI is InChI=1S/C27H26ClN3O2S/c1-27(2)12-21-25(22(32)13-27)24(18-8-10-19(28)11-9-18)20(14-29)26(31-21)34-16-23(33)30-15-17-6-4-3-5-7-17/h3-11,24,31H,12-13,15-16H2,1-2H3,(H,30,33)/t24-/m1/s1. The van der Waals surface area contributed by atoms with Gasteiger partial charge >= 0.3 is 0 Å². The lowest BCUT2D eigenvalue weighted by atomic mass is 9.69. The van der Waals surface area contributed by atoms with E-state index in [2.05, 4.69) is 30.6 Å². The van der Waals surface area contributed by atoms with E-state index in [1.165, 1.54) is 11.8 Å². The molecule has 174 valence electrons. The Bertz CT molecular complexity index is 1210. The van der Waals surface area contributed by atoms with Crippen molar-refractivity contribution in [2.75, 3.05) is 5.75 Å². The fraction of sp³-hybridized carbons (Fsp3) is 0.296. The molecule has 2 aromatic carbocycles. The van der Waals surface area contributed by atoms with Crippen LogP contribution >= 0.6 is 23.4 Å². The molecule has 1 atom stereocenters. The van der Waals surface area contributed by atoms with Gasteiger partial charge in [0, 0.05) is 29.3 Å². The van der Waals surface area contributed by atoms with Gasteiger partial charge in [-0.3, -0.25) is 9.59 Å². The molecule has 2 aliphatic rings. The minimum atomic E-state index is -0.475. The number of hydrogen-bond acceptors (Lipinski definition) is 5. The van der Waals surface area contributed by atoms with E-state index < -0.39 is 5.92 Å². The molecule has 0 fully saturated rings. The maximum absolute atomic E-state index is 13.2. The van der Waals surface area contributed by atoms with Gasteiger partial charge in [-0.25, -0.2) is 0 Å². The molecule has 1 aliphatic heterocycles. The van der Waals surface area contributed by atoms with Crippen LogP contribution in [-0.2, 0) is 16.1 Å². The zero-order valence-corrected chi connectivity index (χ0v) is 20.7. The molecule has 1 heterocycles. The molecule has 0 saturated carbocycles. The second kappa shape index (κ2) is 10.1. The molecule has 0 aromatic heterocycles. The average molecular weight is 492 g/mol. The summed E-state index contributed by atoms with van der Waals surface area (Å²) in [7, 11) is 0. The highest BCUT2D eigenvalue weighted by Gasteiger charge is 2.41. The van der Waals surface area contributed by atoms with E-state index in [1.807, 2.05) is 42.5 Å². The Labute approximate surface area is 209 Å². The average Bonchev–Trinajstić information content (AvgIpc) is 2.81. The van der Waals surface area contributed by atoms with Crippen molar-refractivity contribution in [2.24, 2.45) is 5.41 Å². The molecule has 0 bridgehead atoms. The molecular weight excluding hydrogens is 466 g/mol. The number of thioether (sulfide) groups is 1. The van der Waals surface area contributed by atoms with Crippen LogP contribution in [0.25, 0.3) is 0 Å². The van der Waals surface area contributed by atoms with Crippen molar-refractivity contribution in [1.29, 1.82) is 5.26 Å². The normalized spacial score (nSPS) is 19.2. The number of rotatable bonds is 6. The lowest BCUT2D eigenvalue weighted by molar-refractivity contribution is -0.119. The van der Waals surface area contributed by atoms with E-state index >= 15 is 0 Å². The minimum Gasteiger partial charge on any atom is -0.352 e. The van der Waals surface area contributed by atoms with E-state index in [0.717, 1.165) is 16.8 Å². The van der Waals surface area contributed by atoms with Crippen LogP contribution in [-0.4, -0.2) is 17.4 Å². The van der Waals surface area contributed by atoms with Gasteiger partial charge in [-0.1, -0.05) is 79.7 Å². The number of carbonyl (C=O) groups excluding carboxylic acids is 2. The Balaban J connectivity index is 1.60. The lowest BCUT2D eigenvalue weighted by Crippen LogP contribution is -2.37. The summed E-state index contributed by atoms with van der Waals surface area (Å²) in [4.78, 5) is 25.8. The minimum absolute atomic E-state index is 0.0519. The van der Waals surface area contributed by atoms with Gasteiger partial charge in [0.1, 0.15) is 0 Å². The number of ketones is 1. The number of amides is 1. The predicted molar refractivity (Wildman–Crippen MR) is 136 cm³/mol. The first kappa shape index (κ1) is 24.1. The molecule has 7 heteroatoms. The Hall–Kier alpha value is -3.01. The van der Waals surface area contributed by atoms with Crippen LogP contribution in [0.1, 0.15) is 43.7 Å². The summed E-state index contributed by atoms with van der Waals surface area (Å²) < 4.78 is 0. The van der Waals surface area contributed by atoms with Gasteiger partial charge in [0.05, 0.1) is 28.3 Å². The Morgan fingerprint density at radius 1 is 1.18 bits per heavy atom. The fourth-order valence-corrected chi connectivity index (χ4v) is 5.48. The molecule has 1 aliphatic carbocycles. The maximum Gasteiger partial charge on any atom is 0.230 e. The SMILES string of the molecule is CC1(C)CC(=O)C2=C(C1)NC(SCC(=O)NCc1ccccc1)=C(C#N)[C@H]2c1ccc(Cl)cc1. The van der Waals surface area contributed by atoms with Crippen molar-refractivity contribution < 1.29 is 9.59 Å². The Kier molecular flexibility index (Phi) is 7.16. The van der Waals surface area contributed by atoms with E-state index in [-0.39, 0.29) is 22.9 Å². The molecule has 5 nitrogen and oxygen atoms in total. The zero-order chi connectivity index (χ0) is 24.3. The highest BCUT2D eigenvalue weighted by atomic mass is 35.5. The monoisotopic (exact) mass is 491 g/mol. The van der Waals surface area contributed by atoms with Gasteiger partial charge in [-0.2, -0.15) is 5.26 Å². The first-order valence-corrected chi connectivity index (χ1v) is 12.5. The Morgan fingerprint density at radius 2 is 1.88 bits per heavy atom. The van der Waals surface area contributed by atoms with Crippen LogP contribution in [0.2, 0.25) is 5.02 Å². The van der Waals surface area contributed by atoms with Crippen molar-refractivity contribution >= 4 is 35.1 Å². The topological polar surface area (TPSA) is 82.0 Å². The second-order valence-corrected chi connectivity index (χ2v) is 10.8. The molecule has 0 spiro atoms. The molecule has 0 saturated heterocycles. The number of dihydropyridines is 1. The van der Waals surface area contributed by atoms with E-state index in [1.54, 1.807) is 12.1 Å². The van der Waals surface area contributed by atoms with Gasteiger partial charge in [0.25, 0.3) is 0 Å². The summed E-state index contributed by atoms with van der Waals surface area (Å²) in [5.41, 5.74) is 3.63. The highest BCUT2D eigenvalue weighted by Crippen LogP contribution is 2.47. The summed E-state index contributed by atoms with van der Waals surface area (Å²) in [6, 6.07) is 19.3. The first-order chi connectivity index (χ1) is 16.3. The number of hydrogen-bond donors (Lipinski definition) is 2. The molecular formula is C27H26ClN3O2S. The number of benzene rings is 2. The third-order valence-corrected chi connectivity index (χ3v) is 7.28. The number of nitrogens with one attached hydrogen (secondary N) is 2. The number of carbonyl (C=O) groups is 2. The maximum atomic E-state index is 13.2. The number of nitriles is 1. The number of allylic oxidation sites excluding steroid dienone is 3. The summed E-state index contributed by atoms with van der Waals surface area (Å²) in [5, 5.41) is 17.6. The molecule has 2 aromatic rings. The van der Waals surface area contributed by atoms with Crippen LogP contribution in [0.5, 0.6) is 0 Å². The highest BCUT2D eigenvalue weighted by molar-refractivity contribution is 8.03. The van der Waals surface area contributed by atoms with E-state index in [9.17, 15) is 14.9 Å². The fourth-order valence-electron chi connectivity index (χ4n) is 4.46. The van der Waals surface area contributed by atoms with E-state index in [0.29, 0.717) is 40.6 Å². The van der Waals surface area contributed by atoms with Gasteiger partial charge in [0.15, 0.2) is 5.78 Å². The predicted octanol–water partition coefficient (Wildman–Crippen LogP) is 5.45. The van der Waals surface area contributed by atoms with E-state index in [4.69, 9.17) is 11.6 Å². The quantitative estimate of drug-likeness (QED) is 0.561. The molecule has 34 heavy (non-hydrogen) atoms. The van der Waals surface area contributed by atoms with Crippen molar-refractivity contribution in [2.45, 2.75) is 39.2 Å². The van der Waals surface area contributed by atoms with Crippen molar-refractivity contribution in [3.05, 3.63) is 92.6 Å². The molecule has 0 unspecified atom stereocenters. The van der Waals surface area contributed by atoms with Crippen molar-refractivity contribution in [1.82, 2.24) is 10.6 Å². The summed E-state index contributed by atoms with van der Waals surface area (Å²) in [6.45, 7) is 4.59. The largest absolute Gasteiger partial charge is 0.352 e. The summed E-state index contributed by atoms with van der Waals surface area (Å²) >= 11 is 7.39. The van der Waals surface area contributed by atoms with Crippen molar-refractivity contribution in [3.63, 3.8) is 0 Å². The van der Waals surface area contributed by atoms with Gasteiger partial charge < -0.3 is 10.6 Å². The lowest BCUT2D eigenvalue weighted by Gasteiger charge is -2.39. The third-order valence-electron chi connectivity index (χ3n) is 6.01. The van der Waals surface area contributed by atoms with Crippen LogP contribution in [0.4, 0.5) is 0 Å². The van der Waals surface area contributed by atoms with Crippen LogP contribution < -0.4 is 10.6 Å². The van der Waals surface area contributed by atoms with Crippen LogP contribution in [0.3, 0.4) is 0 Å². The van der Waals surface area contributed by atoms with Crippen molar-refractivity contribution in [3.8, 4) is 6.07 Å². The molecule has 0 radical (unpaired) electrons. The summed E-state index contributed by atoms with van der Waals surface area (Å²) in [6.07, 6.45) is 1.13. The summed E-state index contributed by atoms with van der Waals surface area (Å²) in [5.74, 6) is -0.385. The van der Waals surface area contributed by atoms with Crippen LogP contribution in [0, 0.1) is 16.7 Å². The Morgan fingerprint density at radius 3 is 2.56 bits per heavy atom. The zero-order valence-electron chi connectivity index (χ0n) is 19.2. The first-order valence-electron chi connectivity index (χ1n) is 11.1. The smallest absolute Gasteiger partial charge is 0.230 e. The molecule has 1 amide bonds. The number of halogens is 1. The van der Waals surface area contributed by atoms with Gasteiger partial charge in [-0.15, -0.1) is 0 Å². The molecule has 2 N–H and O–H groups in total. The van der Waals surface area contributed by atoms with Crippen LogP contribution in [0.15, 0.2) is 76.5 Å². The molecule has 4 rings (SSSR count).